The van der Waals surface area contributed by atoms with E-state index in [1.807, 2.05) is 6.07 Å². The summed E-state index contributed by atoms with van der Waals surface area (Å²) < 4.78 is 0. The van der Waals surface area contributed by atoms with Crippen molar-refractivity contribution in [2.24, 2.45) is 0 Å². The molecule has 0 fully saturated rings. The van der Waals surface area contributed by atoms with Gasteiger partial charge in [-0.1, -0.05) is 23.7 Å². The molecule has 0 atom stereocenters. The lowest BCUT2D eigenvalue weighted by atomic mass is 9.90. The van der Waals surface area contributed by atoms with E-state index in [-0.39, 0.29) is 0 Å². The molecule has 17 heavy (non-hydrogen) atoms. The minimum absolute atomic E-state index is 0.493. The monoisotopic (exact) mass is 244 g/mol. The van der Waals surface area contributed by atoms with E-state index in [4.69, 9.17) is 11.6 Å². The molecule has 1 aromatic carbocycles. The van der Waals surface area contributed by atoms with E-state index in [9.17, 15) is 0 Å². The van der Waals surface area contributed by atoms with Crippen LogP contribution in [-0.2, 0) is 12.8 Å². The fraction of sp³-hybridized carbons (Fsp3) is 0.286. The summed E-state index contributed by atoms with van der Waals surface area (Å²) in [4.78, 5) is 8.17. The van der Waals surface area contributed by atoms with Crippen LogP contribution in [0.15, 0.2) is 30.6 Å². The molecule has 3 rings (SSSR count). The van der Waals surface area contributed by atoms with Gasteiger partial charge in [0.15, 0.2) is 0 Å². The summed E-state index contributed by atoms with van der Waals surface area (Å²) in [6, 6.07) is 8.40. The predicted octanol–water partition coefficient (Wildman–Crippen LogP) is 3.68. The summed E-state index contributed by atoms with van der Waals surface area (Å²) in [7, 11) is 0. The number of rotatable bonds is 1. The van der Waals surface area contributed by atoms with Crippen LogP contribution in [0.4, 0.5) is 0 Å². The molecule has 1 aliphatic rings. The highest BCUT2D eigenvalue weighted by Crippen LogP contribution is 2.26. The maximum atomic E-state index is 5.89. The molecular weight excluding hydrogens is 232 g/mol. The number of fused-ring (bicyclic) bond motifs is 1. The Morgan fingerprint density at radius 3 is 2.59 bits per heavy atom. The second-order valence-corrected chi connectivity index (χ2v) is 4.80. The first-order valence-corrected chi connectivity index (χ1v) is 6.30. The predicted molar refractivity (Wildman–Crippen MR) is 69.1 cm³/mol. The quantitative estimate of drug-likeness (QED) is 0.716. The van der Waals surface area contributed by atoms with Gasteiger partial charge < -0.3 is 0 Å². The van der Waals surface area contributed by atoms with Gasteiger partial charge in [-0.25, -0.2) is 9.97 Å². The van der Waals surface area contributed by atoms with E-state index in [1.54, 1.807) is 0 Å². The first-order valence-electron chi connectivity index (χ1n) is 5.93. The van der Waals surface area contributed by atoms with Crippen LogP contribution in [0.25, 0.3) is 11.3 Å². The van der Waals surface area contributed by atoms with Crippen molar-refractivity contribution < 1.29 is 0 Å². The van der Waals surface area contributed by atoms with Gasteiger partial charge in [0.2, 0.25) is 0 Å². The number of aromatic nitrogens is 2. The summed E-state index contributed by atoms with van der Waals surface area (Å²) in [5.41, 5.74) is 4.98. The number of aryl methyl sites for hydroxylation is 2. The van der Waals surface area contributed by atoms with Crippen LogP contribution < -0.4 is 0 Å². The Bertz CT molecular complexity index is 552. The normalized spacial score (nSPS) is 14.4. The Kier molecular flexibility index (Phi) is 2.81. The van der Waals surface area contributed by atoms with Crippen molar-refractivity contribution in [3.63, 3.8) is 0 Å². The van der Waals surface area contributed by atoms with Crippen LogP contribution >= 0.6 is 11.6 Å². The minimum Gasteiger partial charge on any atom is -0.236 e. The third-order valence-corrected chi connectivity index (χ3v) is 3.48. The smallest absolute Gasteiger partial charge is 0.133 e. The summed E-state index contributed by atoms with van der Waals surface area (Å²) in [5, 5.41) is 0.493. The molecule has 0 saturated carbocycles. The largest absolute Gasteiger partial charge is 0.236 e. The summed E-state index contributed by atoms with van der Waals surface area (Å²) >= 11 is 5.89. The molecule has 86 valence electrons. The van der Waals surface area contributed by atoms with Crippen molar-refractivity contribution in [1.29, 1.82) is 0 Å². The Balaban J connectivity index is 2.04. The molecule has 3 heteroatoms. The molecule has 1 heterocycles. The van der Waals surface area contributed by atoms with E-state index in [1.165, 1.54) is 43.1 Å². The lowest BCUT2D eigenvalue weighted by Gasteiger charge is -2.16. The zero-order valence-electron chi connectivity index (χ0n) is 9.49. The van der Waals surface area contributed by atoms with Crippen molar-refractivity contribution >= 4 is 11.6 Å². The molecule has 0 aliphatic heterocycles. The van der Waals surface area contributed by atoms with E-state index in [0.29, 0.717) is 5.15 Å². The average molecular weight is 245 g/mol. The summed E-state index contributed by atoms with van der Waals surface area (Å²) in [6.45, 7) is 0. The first-order chi connectivity index (χ1) is 8.33. The zero-order chi connectivity index (χ0) is 11.7. The fourth-order valence-corrected chi connectivity index (χ4v) is 2.53. The van der Waals surface area contributed by atoms with Gasteiger partial charge in [0.1, 0.15) is 11.5 Å². The van der Waals surface area contributed by atoms with Crippen molar-refractivity contribution in [1.82, 2.24) is 9.97 Å². The number of hydrogen-bond acceptors (Lipinski definition) is 2. The molecule has 0 amide bonds. The number of hydrogen-bond donors (Lipinski definition) is 0. The maximum absolute atomic E-state index is 5.89. The van der Waals surface area contributed by atoms with E-state index in [2.05, 4.69) is 28.2 Å². The Labute approximate surface area is 106 Å². The standard InChI is InChI=1S/C14H13ClN2/c15-14-8-13(16-9-17-14)12-6-5-10-3-1-2-4-11(10)7-12/h5-9H,1-4H2. The lowest BCUT2D eigenvalue weighted by Crippen LogP contribution is -2.02. The highest BCUT2D eigenvalue weighted by atomic mass is 35.5. The Morgan fingerprint density at radius 1 is 0.941 bits per heavy atom. The Morgan fingerprint density at radius 2 is 1.76 bits per heavy atom. The highest BCUT2D eigenvalue weighted by Gasteiger charge is 2.10. The minimum atomic E-state index is 0.493. The van der Waals surface area contributed by atoms with Gasteiger partial charge in [0.05, 0.1) is 5.69 Å². The van der Waals surface area contributed by atoms with Crippen LogP contribution in [0.1, 0.15) is 24.0 Å². The topological polar surface area (TPSA) is 25.8 Å². The number of nitrogens with zero attached hydrogens (tertiary/aromatic N) is 2. The average Bonchev–Trinajstić information content (AvgIpc) is 2.38. The molecule has 1 aliphatic carbocycles. The molecular formula is C14H13ClN2. The van der Waals surface area contributed by atoms with E-state index >= 15 is 0 Å². The first kappa shape index (κ1) is 10.7. The third kappa shape index (κ3) is 2.18. The molecule has 0 saturated heterocycles. The van der Waals surface area contributed by atoms with Gasteiger partial charge in [-0.15, -0.1) is 0 Å². The van der Waals surface area contributed by atoms with E-state index in [0.717, 1.165) is 11.3 Å². The van der Waals surface area contributed by atoms with Crippen molar-refractivity contribution in [2.75, 3.05) is 0 Å². The van der Waals surface area contributed by atoms with E-state index < -0.39 is 0 Å². The lowest BCUT2D eigenvalue weighted by molar-refractivity contribution is 0.686. The molecule has 2 nitrogen and oxygen atoms in total. The van der Waals surface area contributed by atoms with Crippen LogP contribution in [0, 0.1) is 0 Å². The molecule has 0 unspecified atom stereocenters. The van der Waals surface area contributed by atoms with Gasteiger partial charge >= 0.3 is 0 Å². The molecule has 2 aromatic rings. The van der Waals surface area contributed by atoms with Crippen LogP contribution in [0.2, 0.25) is 5.15 Å². The molecule has 1 aromatic heterocycles. The SMILES string of the molecule is Clc1cc(-c2ccc3c(c2)CCCC3)ncn1. The molecule has 0 bridgehead atoms. The molecule has 0 radical (unpaired) electrons. The van der Waals surface area contributed by atoms with Gasteiger partial charge in [-0.3, -0.25) is 0 Å². The van der Waals surface area contributed by atoms with Gasteiger partial charge in [-0.05, 0) is 42.9 Å². The van der Waals surface area contributed by atoms with Gasteiger partial charge in [0.25, 0.3) is 0 Å². The molecule has 0 spiro atoms. The summed E-state index contributed by atoms with van der Waals surface area (Å²) in [6.07, 6.45) is 6.51. The van der Waals surface area contributed by atoms with Gasteiger partial charge in [0, 0.05) is 11.6 Å². The molecule has 0 N–H and O–H groups in total. The van der Waals surface area contributed by atoms with Crippen LogP contribution in [-0.4, -0.2) is 9.97 Å². The second kappa shape index (κ2) is 4.46. The van der Waals surface area contributed by atoms with Crippen molar-refractivity contribution in [2.45, 2.75) is 25.7 Å². The van der Waals surface area contributed by atoms with Crippen LogP contribution in [0.3, 0.4) is 0 Å². The highest BCUT2D eigenvalue weighted by molar-refractivity contribution is 6.29. The number of halogens is 1. The second-order valence-electron chi connectivity index (χ2n) is 4.42. The Hall–Kier alpha value is -1.41. The number of benzene rings is 1. The van der Waals surface area contributed by atoms with Crippen molar-refractivity contribution in [3.05, 3.63) is 46.9 Å². The fourth-order valence-electron chi connectivity index (χ4n) is 2.38. The van der Waals surface area contributed by atoms with Gasteiger partial charge in [-0.2, -0.15) is 0 Å². The van der Waals surface area contributed by atoms with Crippen LogP contribution in [0.5, 0.6) is 0 Å². The third-order valence-electron chi connectivity index (χ3n) is 3.28. The van der Waals surface area contributed by atoms with Crippen molar-refractivity contribution in [3.8, 4) is 11.3 Å². The zero-order valence-corrected chi connectivity index (χ0v) is 10.2. The summed E-state index contributed by atoms with van der Waals surface area (Å²) in [5.74, 6) is 0. The maximum Gasteiger partial charge on any atom is 0.133 e.